The van der Waals surface area contributed by atoms with Crippen molar-refractivity contribution in [1.82, 2.24) is 20.2 Å². The van der Waals surface area contributed by atoms with Gasteiger partial charge in [-0.15, -0.1) is 0 Å². The predicted molar refractivity (Wildman–Crippen MR) is 137 cm³/mol. The van der Waals surface area contributed by atoms with E-state index >= 15 is 4.39 Å². The van der Waals surface area contributed by atoms with Crippen LogP contribution in [-0.2, 0) is 0 Å². The Balaban J connectivity index is 1.40. The fraction of sp³-hybridized carbons (Fsp3) is 0.615. The molecule has 12 heteroatoms. The predicted octanol–water partition coefficient (Wildman–Crippen LogP) is 4.10. The number of fused-ring (bicyclic) bond motifs is 2. The van der Waals surface area contributed by atoms with Gasteiger partial charge >= 0.3 is 0 Å². The van der Waals surface area contributed by atoms with E-state index < -0.39 is 42.1 Å². The fourth-order valence-electron chi connectivity index (χ4n) is 5.27. The summed E-state index contributed by atoms with van der Waals surface area (Å²) in [6.07, 6.45) is 0.485. The Morgan fingerprint density at radius 3 is 2.87 bits per heavy atom. The first-order valence-corrected chi connectivity index (χ1v) is 13.5. The number of hydrogen-bond donors (Lipinski definition) is 2. The van der Waals surface area contributed by atoms with Crippen molar-refractivity contribution >= 4 is 26.8 Å². The molecule has 3 aliphatic rings. The third-order valence-corrected chi connectivity index (χ3v) is 8.33. The summed E-state index contributed by atoms with van der Waals surface area (Å²) in [5.41, 5.74) is -1.08. The molecule has 1 aromatic carbocycles. The average Bonchev–Trinajstić information content (AvgIpc) is 3.55. The van der Waals surface area contributed by atoms with Crippen molar-refractivity contribution in [2.45, 2.75) is 63.2 Å². The van der Waals surface area contributed by atoms with Gasteiger partial charge in [-0.05, 0) is 55.1 Å². The first kappa shape index (κ1) is 27.2. The minimum absolute atomic E-state index is 0.0572. The summed E-state index contributed by atoms with van der Waals surface area (Å²) < 4.78 is 66.7. The zero-order valence-corrected chi connectivity index (χ0v) is 22.5. The molecule has 0 radical (unpaired) electrons. The molecule has 1 aromatic heterocycles. The molecule has 0 spiro atoms. The van der Waals surface area contributed by atoms with E-state index in [2.05, 4.69) is 48.0 Å². The topological polar surface area (TPSA) is 79.5 Å². The summed E-state index contributed by atoms with van der Waals surface area (Å²) in [4.78, 5) is 22.0. The van der Waals surface area contributed by atoms with Gasteiger partial charge in [0.25, 0.3) is 18.0 Å². The zero-order chi connectivity index (χ0) is 27.0. The highest BCUT2D eigenvalue weighted by atomic mass is 79.9. The Hall–Kier alpha value is -2.36. The highest BCUT2D eigenvalue weighted by molar-refractivity contribution is 9.10. The maximum absolute atomic E-state index is 15.3. The number of halogens is 5. The van der Waals surface area contributed by atoms with E-state index in [0.717, 1.165) is 32.2 Å². The number of nitrogens with zero attached hydrogens (tertiary/aromatic N) is 2. The van der Waals surface area contributed by atoms with Gasteiger partial charge in [-0.2, -0.15) is 4.98 Å². The monoisotopic (exact) mass is 600 g/mol. The van der Waals surface area contributed by atoms with Crippen LogP contribution in [0.2, 0.25) is 0 Å². The molecule has 3 heterocycles. The minimum atomic E-state index is -2.57. The van der Waals surface area contributed by atoms with Crippen LogP contribution in [0.3, 0.4) is 0 Å². The summed E-state index contributed by atoms with van der Waals surface area (Å²) >= 11 is 3.21. The van der Waals surface area contributed by atoms with Crippen molar-refractivity contribution in [3.05, 3.63) is 26.2 Å². The standard InChI is InChI=1S/C26H29BrF4N4O3/c1-14-20(27)21(31)22-19(23(14)37-12-17(32-10-18(29)30)6-5-15-3-4-15)24(36)34-25(33-22)38-13-26-7-2-8-35(26)11-16(28)9-26/h15-18,32H,2-4,7-13H2,1H3,(H,33,34,36)/t16-,17?,26+/m1/s1. The lowest BCUT2D eigenvalue weighted by atomic mass is 9.95. The molecule has 38 heavy (non-hydrogen) atoms. The van der Waals surface area contributed by atoms with Gasteiger partial charge < -0.3 is 9.47 Å². The van der Waals surface area contributed by atoms with Gasteiger partial charge in [0.1, 0.15) is 42.1 Å². The molecule has 2 saturated heterocycles. The van der Waals surface area contributed by atoms with Gasteiger partial charge in [0, 0.05) is 24.4 Å². The second-order valence-corrected chi connectivity index (χ2v) is 11.1. The summed E-state index contributed by atoms with van der Waals surface area (Å²) in [5, 5.41) is 2.55. The lowest BCUT2D eigenvalue weighted by Gasteiger charge is -2.30. The quantitative estimate of drug-likeness (QED) is 0.333. The van der Waals surface area contributed by atoms with Crippen molar-refractivity contribution in [2.75, 3.05) is 32.8 Å². The summed E-state index contributed by atoms with van der Waals surface area (Å²) in [5.74, 6) is 5.54. The second kappa shape index (κ2) is 11.0. The molecular weight excluding hydrogens is 572 g/mol. The van der Waals surface area contributed by atoms with Crippen molar-refractivity contribution in [2.24, 2.45) is 5.92 Å². The molecular formula is C26H29BrF4N4O3. The van der Waals surface area contributed by atoms with Crippen LogP contribution in [0.25, 0.3) is 10.9 Å². The van der Waals surface area contributed by atoms with Gasteiger partial charge in [0.15, 0.2) is 5.82 Å². The Bertz CT molecular complexity index is 1330. The van der Waals surface area contributed by atoms with Crippen molar-refractivity contribution in [1.29, 1.82) is 0 Å². The van der Waals surface area contributed by atoms with E-state index in [-0.39, 0.29) is 46.3 Å². The molecule has 1 saturated carbocycles. The summed E-state index contributed by atoms with van der Waals surface area (Å²) in [6, 6.07) is -0.879. The highest BCUT2D eigenvalue weighted by Crippen LogP contribution is 2.40. The van der Waals surface area contributed by atoms with Crippen LogP contribution in [-0.4, -0.2) is 71.9 Å². The number of H-pyrrole nitrogens is 1. The molecule has 1 unspecified atom stereocenters. The first-order valence-electron chi connectivity index (χ1n) is 12.8. The van der Waals surface area contributed by atoms with Gasteiger partial charge in [0.05, 0.1) is 16.6 Å². The van der Waals surface area contributed by atoms with Gasteiger partial charge in [0.2, 0.25) is 0 Å². The normalized spacial score (nSPS) is 23.9. The first-order chi connectivity index (χ1) is 18.2. The number of nitrogens with one attached hydrogen (secondary N) is 2. The molecule has 3 fully saturated rings. The molecule has 2 aromatic rings. The van der Waals surface area contributed by atoms with E-state index in [4.69, 9.17) is 9.47 Å². The van der Waals surface area contributed by atoms with Crippen LogP contribution in [0.1, 0.15) is 37.7 Å². The van der Waals surface area contributed by atoms with Crippen LogP contribution >= 0.6 is 15.9 Å². The number of alkyl halides is 3. The van der Waals surface area contributed by atoms with Crippen LogP contribution < -0.4 is 20.3 Å². The van der Waals surface area contributed by atoms with Crippen LogP contribution in [0.5, 0.6) is 11.8 Å². The van der Waals surface area contributed by atoms with E-state index in [1.165, 1.54) is 0 Å². The van der Waals surface area contributed by atoms with E-state index in [0.29, 0.717) is 18.5 Å². The summed E-state index contributed by atoms with van der Waals surface area (Å²) in [7, 11) is 0. The molecule has 5 rings (SSSR count). The van der Waals surface area contributed by atoms with Crippen LogP contribution in [0.15, 0.2) is 9.27 Å². The summed E-state index contributed by atoms with van der Waals surface area (Å²) in [6.45, 7) is 2.13. The largest absolute Gasteiger partial charge is 0.490 e. The number of aromatic nitrogens is 2. The second-order valence-electron chi connectivity index (χ2n) is 10.3. The van der Waals surface area contributed by atoms with Crippen molar-refractivity contribution in [3.8, 4) is 23.6 Å². The third-order valence-electron chi connectivity index (χ3n) is 7.39. The third kappa shape index (κ3) is 5.65. The van der Waals surface area contributed by atoms with E-state index in [9.17, 15) is 18.0 Å². The number of benzene rings is 1. The Morgan fingerprint density at radius 1 is 1.34 bits per heavy atom. The van der Waals surface area contributed by atoms with Gasteiger partial charge in [-0.3, -0.25) is 20.0 Å². The molecule has 7 nitrogen and oxygen atoms in total. The number of ether oxygens (including phenoxy) is 2. The van der Waals surface area contributed by atoms with E-state index in [1.807, 2.05) is 0 Å². The number of aromatic amines is 1. The molecule has 2 N–H and O–H groups in total. The lowest BCUT2D eigenvalue weighted by molar-refractivity contribution is 0.107. The molecule has 1 aliphatic carbocycles. The molecule has 0 bridgehead atoms. The van der Waals surface area contributed by atoms with Crippen LogP contribution in [0, 0.1) is 30.5 Å². The molecule has 2 aliphatic heterocycles. The van der Waals surface area contributed by atoms with Crippen molar-refractivity contribution < 1.29 is 27.0 Å². The Morgan fingerprint density at radius 2 is 2.13 bits per heavy atom. The Labute approximate surface area is 225 Å². The van der Waals surface area contributed by atoms with Crippen LogP contribution in [0.4, 0.5) is 17.6 Å². The van der Waals surface area contributed by atoms with Crippen molar-refractivity contribution in [3.63, 3.8) is 0 Å². The number of rotatable bonds is 9. The number of hydrogen-bond acceptors (Lipinski definition) is 6. The van der Waals surface area contributed by atoms with Gasteiger partial charge in [-0.1, -0.05) is 11.8 Å². The average molecular weight is 601 g/mol. The molecule has 206 valence electrons. The molecule has 3 atom stereocenters. The lowest BCUT2D eigenvalue weighted by Crippen LogP contribution is -2.43. The maximum atomic E-state index is 15.3. The Kier molecular flexibility index (Phi) is 7.89. The van der Waals surface area contributed by atoms with E-state index in [1.54, 1.807) is 6.92 Å². The zero-order valence-electron chi connectivity index (χ0n) is 20.9. The van der Waals surface area contributed by atoms with Gasteiger partial charge in [-0.25, -0.2) is 17.6 Å². The fourth-order valence-corrected chi connectivity index (χ4v) is 5.64. The smallest absolute Gasteiger partial charge is 0.297 e. The SMILES string of the molecule is Cc1c(Br)c(F)c2nc(OC[C@@]34CCCN3C[C@H](F)C4)[nH]c(=O)c2c1OCC(C#CC1CC1)NCC(F)F. The maximum Gasteiger partial charge on any atom is 0.297 e. The minimum Gasteiger partial charge on any atom is -0.490 e. The molecule has 0 amide bonds. The highest BCUT2D eigenvalue weighted by Gasteiger charge is 2.49.